The molecule has 0 saturated heterocycles. The van der Waals surface area contributed by atoms with Crippen molar-refractivity contribution in [2.24, 2.45) is 0 Å². The quantitative estimate of drug-likeness (QED) is 0.574. The third-order valence-electron chi connectivity index (χ3n) is 1.16. The summed E-state index contributed by atoms with van der Waals surface area (Å²) in [6, 6.07) is 2.66. The van der Waals surface area contributed by atoms with E-state index >= 15 is 0 Å². The second-order valence-electron chi connectivity index (χ2n) is 2.11. The van der Waals surface area contributed by atoms with Crippen LogP contribution in [-0.2, 0) is 0 Å². The molecule has 1 heterocycles. The molecule has 0 N–H and O–H groups in total. The van der Waals surface area contributed by atoms with Gasteiger partial charge in [-0.1, -0.05) is 11.6 Å². The minimum Gasteiger partial charge on any atom is -0.545 e. The lowest BCUT2D eigenvalue weighted by atomic mass is 10.2. The molecule has 0 spiro atoms. The molecule has 0 aromatic carbocycles. The third kappa shape index (κ3) is 1.91. The van der Waals surface area contributed by atoms with Crippen molar-refractivity contribution in [1.29, 1.82) is 0 Å². The Morgan fingerprint density at radius 1 is 1.64 bits per heavy atom. The van der Waals surface area contributed by atoms with Gasteiger partial charge in [0.15, 0.2) is 0 Å². The van der Waals surface area contributed by atoms with E-state index in [0.717, 1.165) is 0 Å². The number of carbonyl (C=O) groups is 1. The minimum absolute atomic E-state index is 0.0579. The molecule has 3 nitrogen and oxygen atoms in total. The summed E-state index contributed by atoms with van der Waals surface area (Å²) < 4.78 is 0. The van der Waals surface area contributed by atoms with Crippen LogP contribution in [0.15, 0.2) is 12.1 Å². The van der Waals surface area contributed by atoms with Crippen molar-refractivity contribution in [1.82, 2.24) is 4.98 Å². The van der Waals surface area contributed by atoms with Gasteiger partial charge < -0.3 is 9.90 Å². The van der Waals surface area contributed by atoms with E-state index in [1.807, 2.05) is 0 Å². The molecular weight excluding hydrogens is 166 g/mol. The molecule has 58 valence electrons. The SMILES string of the molecule is Cc1cc(C(=O)[O-])cc(Cl)n1. The molecule has 0 unspecified atom stereocenters. The van der Waals surface area contributed by atoms with E-state index in [1.165, 1.54) is 12.1 Å². The van der Waals surface area contributed by atoms with E-state index in [-0.39, 0.29) is 10.7 Å². The zero-order valence-electron chi connectivity index (χ0n) is 5.80. The van der Waals surface area contributed by atoms with Crippen molar-refractivity contribution in [2.75, 3.05) is 0 Å². The van der Waals surface area contributed by atoms with Crippen LogP contribution in [0.3, 0.4) is 0 Å². The van der Waals surface area contributed by atoms with Gasteiger partial charge in [0, 0.05) is 11.3 Å². The topological polar surface area (TPSA) is 53.0 Å². The molecule has 0 saturated carbocycles. The first-order valence-corrected chi connectivity index (χ1v) is 3.33. The Kier molecular flexibility index (Phi) is 2.10. The van der Waals surface area contributed by atoms with Crippen LogP contribution in [0.4, 0.5) is 0 Å². The average Bonchev–Trinajstić information content (AvgIpc) is 1.85. The Hall–Kier alpha value is -1.09. The summed E-state index contributed by atoms with van der Waals surface area (Å²) in [5.41, 5.74) is 0.624. The van der Waals surface area contributed by atoms with Crippen LogP contribution in [0.5, 0.6) is 0 Å². The van der Waals surface area contributed by atoms with Crippen LogP contribution in [-0.4, -0.2) is 11.0 Å². The number of carboxylic acids is 1. The molecule has 0 fully saturated rings. The van der Waals surface area contributed by atoms with Gasteiger partial charge in [-0.15, -0.1) is 0 Å². The Morgan fingerprint density at radius 2 is 2.27 bits per heavy atom. The number of hydrogen-bond acceptors (Lipinski definition) is 3. The van der Waals surface area contributed by atoms with E-state index in [2.05, 4.69) is 4.98 Å². The molecule has 0 amide bonds. The number of hydrogen-bond donors (Lipinski definition) is 0. The van der Waals surface area contributed by atoms with Gasteiger partial charge in [-0.3, -0.25) is 0 Å². The summed E-state index contributed by atoms with van der Waals surface area (Å²) in [6.45, 7) is 1.66. The van der Waals surface area contributed by atoms with Gasteiger partial charge in [-0.05, 0) is 19.1 Å². The summed E-state index contributed by atoms with van der Waals surface area (Å²) >= 11 is 5.49. The van der Waals surface area contributed by atoms with Gasteiger partial charge in [-0.25, -0.2) is 4.98 Å². The maximum absolute atomic E-state index is 10.3. The third-order valence-corrected chi connectivity index (χ3v) is 1.35. The Balaban J connectivity index is 3.19. The van der Waals surface area contributed by atoms with Gasteiger partial charge >= 0.3 is 0 Å². The van der Waals surface area contributed by atoms with Gasteiger partial charge in [0.25, 0.3) is 0 Å². The predicted molar refractivity (Wildman–Crippen MR) is 38.3 cm³/mol. The lowest BCUT2D eigenvalue weighted by Crippen LogP contribution is -2.22. The molecule has 0 atom stereocenters. The lowest BCUT2D eigenvalue weighted by molar-refractivity contribution is -0.255. The fraction of sp³-hybridized carbons (Fsp3) is 0.143. The maximum Gasteiger partial charge on any atom is 0.129 e. The first kappa shape index (κ1) is 8.01. The second kappa shape index (κ2) is 2.88. The normalized spacial score (nSPS) is 9.64. The molecule has 0 aliphatic carbocycles. The van der Waals surface area contributed by atoms with E-state index in [9.17, 15) is 9.90 Å². The zero-order chi connectivity index (χ0) is 8.43. The summed E-state index contributed by atoms with van der Waals surface area (Å²) in [5, 5.41) is 10.5. The van der Waals surface area contributed by atoms with E-state index in [0.29, 0.717) is 5.69 Å². The van der Waals surface area contributed by atoms with E-state index < -0.39 is 5.97 Å². The number of aromatic carboxylic acids is 1. The fourth-order valence-electron chi connectivity index (χ4n) is 0.746. The molecule has 1 aromatic heterocycles. The molecule has 0 bridgehead atoms. The summed E-state index contributed by atoms with van der Waals surface area (Å²) in [7, 11) is 0. The van der Waals surface area contributed by atoms with Crippen molar-refractivity contribution in [2.45, 2.75) is 6.92 Å². The molecular formula is C7H5ClNO2-. The predicted octanol–water partition coefficient (Wildman–Crippen LogP) is 0.407. The highest BCUT2D eigenvalue weighted by molar-refractivity contribution is 6.29. The molecule has 1 rings (SSSR count). The van der Waals surface area contributed by atoms with Gasteiger partial charge in [0.1, 0.15) is 5.15 Å². The van der Waals surface area contributed by atoms with Gasteiger partial charge in [0.05, 0.1) is 5.97 Å². The van der Waals surface area contributed by atoms with Crippen LogP contribution in [0, 0.1) is 6.92 Å². The molecule has 1 aromatic rings. The van der Waals surface area contributed by atoms with Gasteiger partial charge in [0.2, 0.25) is 0 Å². The van der Waals surface area contributed by atoms with Crippen molar-refractivity contribution in [3.8, 4) is 0 Å². The number of aromatic nitrogens is 1. The van der Waals surface area contributed by atoms with E-state index in [4.69, 9.17) is 11.6 Å². The van der Waals surface area contributed by atoms with Crippen LogP contribution >= 0.6 is 11.6 Å². The van der Waals surface area contributed by atoms with Crippen LogP contribution < -0.4 is 5.11 Å². The second-order valence-corrected chi connectivity index (χ2v) is 2.49. The summed E-state index contributed by atoms with van der Waals surface area (Å²) in [5.74, 6) is -1.24. The Labute approximate surface area is 68.6 Å². The number of carbonyl (C=O) groups excluding carboxylic acids is 1. The first-order valence-electron chi connectivity index (χ1n) is 2.95. The molecule has 0 aliphatic heterocycles. The highest BCUT2D eigenvalue weighted by Gasteiger charge is 1.97. The monoisotopic (exact) mass is 170 g/mol. The first-order chi connectivity index (χ1) is 5.09. The standard InChI is InChI=1S/C7H6ClNO2/c1-4-2-5(7(10)11)3-6(8)9-4/h2-3H,1H3,(H,10,11)/p-1. The number of pyridine rings is 1. The van der Waals surface area contributed by atoms with Crippen LogP contribution in [0.2, 0.25) is 5.15 Å². The zero-order valence-corrected chi connectivity index (χ0v) is 6.55. The van der Waals surface area contributed by atoms with Crippen molar-refractivity contribution >= 4 is 17.6 Å². The van der Waals surface area contributed by atoms with E-state index in [1.54, 1.807) is 6.92 Å². The largest absolute Gasteiger partial charge is 0.545 e. The number of carboxylic acid groups (broad SMARTS) is 1. The number of rotatable bonds is 1. The number of aryl methyl sites for hydroxylation is 1. The summed E-state index contributed by atoms with van der Waals surface area (Å²) in [6.07, 6.45) is 0. The van der Waals surface area contributed by atoms with Crippen molar-refractivity contribution in [3.63, 3.8) is 0 Å². The molecule has 0 radical (unpaired) electrons. The van der Waals surface area contributed by atoms with Crippen molar-refractivity contribution < 1.29 is 9.90 Å². The highest BCUT2D eigenvalue weighted by atomic mass is 35.5. The smallest absolute Gasteiger partial charge is 0.129 e. The summed E-state index contributed by atoms with van der Waals surface area (Å²) in [4.78, 5) is 14.1. The van der Waals surface area contributed by atoms with Gasteiger partial charge in [-0.2, -0.15) is 0 Å². The van der Waals surface area contributed by atoms with Crippen molar-refractivity contribution in [3.05, 3.63) is 28.5 Å². The molecule has 4 heteroatoms. The highest BCUT2D eigenvalue weighted by Crippen LogP contribution is 2.08. The fourth-order valence-corrected chi connectivity index (χ4v) is 0.997. The molecule has 11 heavy (non-hydrogen) atoms. The molecule has 0 aliphatic rings. The van der Waals surface area contributed by atoms with Crippen LogP contribution in [0.1, 0.15) is 16.1 Å². The maximum atomic E-state index is 10.3. The minimum atomic E-state index is -1.24. The number of nitrogens with zero attached hydrogens (tertiary/aromatic N) is 1. The Morgan fingerprint density at radius 3 is 2.73 bits per heavy atom. The lowest BCUT2D eigenvalue weighted by Gasteiger charge is -2.02. The average molecular weight is 171 g/mol. The number of halogens is 1. The Bertz CT molecular complexity index is 278. The van der Waals surface area contributed by atoms with Crippen LogP contribution in [0.25, 0.3) is 0 Å².